The van der Waals surface area contributed by atoms with Crippen LogP contribution >= 0.6 is 24.0 Å². The van der Waals surface area contributed by atoms with Gasteiger partial charge in [-0.15, -0.1) is 24.0 Å². The number of hydrogen-bond donors (Lipinski definition) is 2. The largest absolute Gasteiger partial charge is 0.356 e. The number of carbonyl (C=O) groups is 1. The second-order valence-corrected chi connectivity index (χ2v) is 6.29. The van der Waals surface area contributed by atoms with Crippen molar-refractivity contribution in [3.63, 3.8) is 0 Å². The molecule has 1 rings (SSSR count). The molecule has 6 heteroatoms. The smallest absolute Gasteiger partial charge is 0.243 e. The van der Waals surface area contributed by atoms with E-state index in [1.165, 1.54) is 32.1 Å². The van der Waals surface area contributed by atoms with Crippen LogP contribution in [-0.2, 0) is 4.79 Å². The Morgan fingerprint density at radius 3 is 2.32 bits per heavy atom. The molecule has 1 amide bonds. The molecule has 0 unspecified atom stereocenters. The number of rotatable bonds is 7. The third-order valence-corrected chi connectivity index (χ3v) is 4.46. The van der Waals surface area contributed by atoms with Gasteiger partial charge in [-0.3, -0.25) is 4.79 Å². The summed E-state index contributed by atoms with van der Waals surface area (Å²) in [6.45, 7) is 6.43. The Balaban J connectivity index is 0.00000441. The van der Waals surface area contributed by atoms with Crippen molar-refractivity contribution in [2.75, 3.05) is 33.7 Å². The van der Waals surface area contributed by atoms with Crippen LogP contribution in [0.2, 0.25) is 0 Å². The van der Waals surface area contributed by atoms with Crippen LogP contribution in [0.1, 0.15) is 52.4 Å². The summed E-state index contributed by atoms with van der Waals surface area (Å²) < 4.78 is 0. The van der Waals surface area contributed by atoms with Crippen molar-refractivity contribution in [1.82, 2.24) is 15.5 Å². The Morgan fingerprint density at radius 2 is 1.82 bits per heavy atom. The van der Waals surface area contributed by atoms with E-state index < -0.39 is 0 Å². The van der Waals surface area contributed by atoms with E-state index in [2.05, 4.69) is 29.5 Å². The number of guanidine groups is 1. The fourth-order valence-corrected chi connectivity index (χ4v) is 2.76. The lowest BCUT2D eigenvalue weighted by Crippen LogP contribution is -2.43. The summed E-state index contributed by atoms with van der Waals surface area (Å²) >= 11 is 0. The van der Waals surface area contributed by atoms with Crippen molar-refractivity contribution in [3.05, 3.63) is 0 Å². The van der Waals surface area contributed by atoms with Crippen molar-refractivity contribution >= 4 is 35.8 Å². The molecule has 0 saturated heterocycles. The van der Waals surface area contributed by atoms with E-state index in [9.17, 15) is 4.79 Å². The summed E-state index contributed by atoms with van der Waals surface area (Å²) in [5, 5.41) is 6.75. The molecule has 0 aromatic carbocycles. The van der Waals surface area contributed by atoms with Crippen LogP contribution in [-0.4, -0.2) is 50.5 Å². The SMILES string of the molecule is CCCNC(=NCC(=O)N(C)C)NCC1(CC)CCCC1.I. The molecule has 1 saturated carbocycles. The highest BCUT2D eigenvalue weighted by atomic mass is 127. The van der Waals surface area contributed by atoms with Gasteiger partial charge >= 0.3 is 0 Å². The number of likely N-dealkylation sites (N-methyl/N-ethyl adjacent to an activating group) is 1. The molecule has 0 radical (unpaired) electrons. The average molecular weight is 424 g/mol. The van der Waals surface area contributed by atoms with Crippen molar-refractivity contribution in [3.8, 4) is 0 Å². The number of carbonyl (C=O) groups excluding carboxylic acids is 1. The zero-order valence-electron chi connectivity index (χ0n) is 14.6. The monoisotopic (exact) mass is 424 g/mol. The molecule has 0 atom stereocenters. The number of hydrogen-bond acceptors (Lipinski definition) is 2. The highest BCUT2D eigenvalue weighted by Crippen LogP contribution is 2.40. The molecule has 0 spiro atoms. The van der Waals surface area contributed by atoms with Gasteiger partial charge in [0.2, 0.25) is 5.91 Å². The lowest BCUT2D eigenvalue weighted by Gasteiger charge is -2.28. The van der Waals surface area contributed by atoms with E-state index in [-0.39, 0.29) is 36.4 Å². The molecule has 130 valence electrons. The Hall–Kier alpha value is -0.530. The Kier molecular flexibility index (Phi) is 10.8. The van der Waals surface area contributed by atoms with Gasteiger partial charge in [-0.25, -0.2) is 4.99 Å². The minimum Gasteiger partial charge on any atom is -0.356 e. The molecule has 0 aromatic rings. The van der Waals surface area contributed by atoms with Crippen LogP contribution in [0.5, 0.6) is 0 Å². The van der Waals surface area contributed by atoms with Crippen LogP contribution < -0.4 is 10.6 Å². The molecular formula is C16H33IN4O. The van der Waals surface area contributed by atoms with Gasteiger partial charge in [0.05, 0.1) is 0 Å². The number of nitrogens with zero attached hydrogens (tertiary/aromatic N) is 2. The van der Waals surface area contributed by atoms with Crippen LogP contribution in [0.25, 0.3) is 0 Å². The molecule has 0 bridgehead atoms. The summed E-state index contributed by atoms with van der Waals surface area (Å²) in [5.74, 6) is 0.797. The highest BCUT2D eigenvalue weighted by molar-refractivity contribution is 14.0. The first-order valence-corrected chi connectivity index (χ1v) is 8.25. The van der Waals surface area contributed by atoms with E-state index in [0.29, 0.717) is 5.41 Å². The van der Waals surface area contributed by atoms with Crippen molar-refractivity contribution < 1.29 is 4.79 Å². The van der Waals surface area contributed by atoms with Gasteiger partial charge in [-0.05, 0) is 31.1 Å². The maximum absolute atomic E-state index is 11.7. The van der Waals surface area contributed by atoms with E-state index >= 15 is 0 Å². The van der Waals surface area contributed by atoms with Gasteiger partial charge in [0.1, 0.15) is 6.54 Å². The van der Waals surface area contributed by atoms with E-state index in [1.54, 1.807) is 19.0 Å². The van der Waals surface area contributed by atoms with E-state index in [1.807, 2.05) is 0 Å². The summed E-state index contributed by atoms with van der Waals surface area (Å²) in [6.07, 6.45) is 7.52. The lowest BCUT2D eigenvalue weighted by molar-refractivity contribution is -0.127. The number of amides is 1. The Bertz CT molecular complexity index is 352. The van der Waals surface area contributed by atoms with Gasteiger partial charge in [0.15, 0.2) is 5.96 Å². The van der Waals surface area contributed by atoms with Gasteiger partial charge in [0.25, 0.3) is 0 Å². The number of nitrogens with one attached hydrogen (secondary N) is 2. The van der Waals surface area contributed by atoms with Crippen LogP contribution in [0.15, 0.2) is 4.99 Å². The van der Waals surface area contributed by atoms with Crippen LogP contribution in [0, 0.1) is 5.41 Å². The molecule has 1 fully saturated rings. The van der Waals surface area contributed by atoms with Crippen molar-refractivity contribution in [2.24, 2.45) is 10.4 Å². The first-order chi connectivity index (χ1) is 10.0. The summed E-state index contributed by atoms with van der Waals surface area (Å²) in [5.41, 5.74) is 0.417. The van der Waals surface area contributed by atoms with Gasteiger partial charge in [-0.2, -0.15) is 0 Å². The molecule has 0 aliphatic heterocycles. The predicted octanol–water partition coefficient (Wildman–Crippen LogP) is 2.61. The van der Waals surface area contributed by atoms with E-state index in [4.69, 9.17) is 0 Å². The molecule has 0 heterocycles. The number of aliphatic imine (C=N–C) groups is 1. The van der Waals surface area contributed by atoms with Crippen LogP contribution in [0.4, 0.5) is 0 Å². The fraction of sp³-hybridized carbons (Fsp3) is 0.875. The first-order valence-electron chi connectivity index (χ1n) is 8.25. The number of halogens is 1. The molecule has 1 aliphatic rings. The molecular weight excluding hydrogens is 391 g/mol. The first kappa shape index (κ1) is 21.5. The summed E-state index contributed by atoms with van der Waals surface area (Å²) in [6, 6.07) is 0. The third kappa shape index (κ3) is 7.15. The molecule has 5 nitrogen and oxygen atoms in total. The fourth-order valence-electron chi connectivity index (χ4n) is 2.76. The summed E-state index contributed by atoms with van der Waals surface area (Å²) in [7, 11) is 3.52. The minimum atomic E-state index is 0. The normalized spacial score (nSPS) is 16.8. The summed E-state index contributed by atoms with van der Waals surface area (Å²) in [4.78, 5) is 17.7. The maximum atomic E-state index is 11.7. The Labute approximate surface area is 152 Å². The zero-order valence-corrected chi connectivity index (χ0v) is 16.9. The quantitative estimate of drug-likeness (QED) is 0.375. The molecule has 0 aromatic heterocycles. The van der Waals surface area contributed by atoms with Crippen molar-refractivity contribution in [1.29, 1.82) is 0 Å². The van der Waals surface area contributed by atoms with Gasteiger partial charge in [-0.1, -0.05) is 26.7 Å². The third-order valence-electron chi connectivity index (χ3n) is 4.46. The predicted molar refractivity (Wildman–Crippen MR) is 104 cm³/mol. The highest BCUT2D eigenvalue weighted by Gasteiger charge is 2.31. The maximum Gasteiger partial charge on any atom is 0.243 e. The van der Waals surface area contributed by atoms with Crippen LogP contribution in [0.3, 0.4) is 0 Å². The van der Waals surface area contributed by atoms with Gasteiger partial charge in [0, 0.05) is 27.2 Å². The lowest BCUT2D eigenvalue weighted by atomic mass is 9.83. The second-order valence-electron chi connectivity index (χ2n) is 6.29. The zero-order chi connectivity index (χ0) is 15.7. The molecule has 2 N–H and O–H groups in total. The molecule has 22 heavy (non-hydrogen) atoms. The van der Waals surface area contributed by atoms with Gasteiger partial charge < -0.3 is 15.5 Å². The standard InChI is InChI=1S/C16H32N4O.HI/c1-5-11-17-15(18-12-14(21)20(3)4)19-13-16(6-2)9-7-8-10-16;/h5-13H2,1-4H3,(H2,17,18,19);1H. The molecule has 1 aliphatic carbocycles. The average Bonchev–Trinajstić information content (AvgIpc) is 2.95. The Morgan fingerprint density at radius 1 is 1.18 bits per heavy atom. The topological polar surface area (TPSA) is 56.7 Å². The van der Waals surface area contributed by atoms with E-state index in [0.717, 1.165) is 25.5 Å². The van der Waals surface area contributed by atoms with Crippen molar-refractivity contribution in [2.45, 2.75) is 52.4 Å². The second kappa shape index (κ2) is 11.1. The minimum absolute atomic E-state index is 0.